The van der Waals surface area contributed by atoms with Crippen molar-refractivity contribution in [3.05, 3.63) is 0 Å². The predicted octanol–water partition coefficient (Wildman–Crippen LogP) is 1.19. The van der Waals surface area contributed by atoms with Crippen molar-refractivity contribution in [2.45, 2.75) is 44.9 Å². The quantitative estimate of drug-likeness (QED) is 0.660. The zero-order valence-electron chi connectivity index (χ0n) is 13.0. The lowest BCUT2D eigenvalue weighted by Gasteiger charge is -2.31. The maximum Gasteiger partial charge on any atom is 0.211 e. The van der Waals surface area contributed by atoms with Crippen molar-refractivity contribution in [1.82, 2.24) is 9.62 Å². The molecule has 1 atom stereocenters. The fourth-order valence-corrected chi connectivity index (χ4v) is 5.11. The van der Waals surface area contributed by atoms with Crippen LogP contribution >= 0.6 is 0 Å². The monoisotopic (exact) mass is 318 g/mol. The second kappa shape index (κ2) is 8.46. The number of rotatable bonds is 8. The van der Waals surface area contributed by atoms with Gasteiger partial charge in [-0.2, -0.15) is 0 Å². The number of nitrogens with one attached hydrogen (secondary N) is 1. The van der Waals surface area contributed by atoms with Gasteiger partial charge in [-0.15, -0.1) is 0 Å². The maximum atomic E-state index is 12.0. The Kier molecular flexibility index (Phi) is 6.92. The van der Waals surface area contributed by atoms with Crippen LogP contribution in [-0.2, 0) is 10.0 Å². The Morgan fingerprint density at radius 1 is 1.10 bits per heavy atom. The lowest BCUT2D eigenvalue weighted by molar-refractivity contribution is 0.120. The Morgan fingerprint density at radius 3 is 2.52 bits per heavy atom. The summed E-state index contributed by atoms with van der Waals surface area (Å²) in [6.45, 7) is 3.75. The first kappa shape index (κ1) is 17.2. The van der Waals surface area contributed by atoms with E-state index in [9.17, 15) is 13.5 Å². The van der Waals surface area contributed by atoms with Crippen molar-refractivity contribution in [3.8, 4) is 0 Å². The lowest BCUT2D eigenvalue weighted by Crippen LogP contribution is -2.38. The van der Waals surface area contributed by atoms with Crippen molar-refractivity contribution in [3.63, 3.8) is 0 Å². The fraction of sp³-hybridized carbons (Fsp3) is 1.00. The molecular formula is C15H30N2O3S. The van der Waals surface area contributed by atoms with Crippen LogP contribution in [0.25, 0.3) is 0 Å². The van der Waals surface area contributed by atoms with E-state index in [0.29, 0.717) is 24.1 Å². The number of aliphatic hydroxyl groups excluding tert-OH is 1. The van der Waals surface area contributed by atoms with Gasteiger partial charge in [0.1, 0.15) is 0 Å². The summed E-state index contributed by atoms with van der Waals surface area (Å²) in [5.41, 5.74) is 0. The fourth-order valence-electron chi connectivity index (χ4n) is 3.58. The minimum absolute atomic E-state index is 0.268. The van der Waals surface area contributed by atoms with Gasteiger partial charge in [0.05, 0.1) is 5.75 Å². The third-order valence-corrected chi connectivity index (χ3v) is 6.32. The molecule has 2 N–H and O–H groups in total. The SMILES string of the molecule is O=S(=O)(CC1CCCC1)NCCCN1CCCC(CO)C1. The summed E-state index contributed by atoms with van der Waals surface area (Å²) in [6.07, 6.45) is 7.60. The highest BCUT2D eigenvalue weighted by Crippen LogP contribution is 2.25. The van der Waals surface area contributed by atoms with Crippen LogP contribution < -0.4 is 4.72 Å². The Bertz CT molecular complexity index is 394. The second-order valence-electron chi connectivity index (χ2n) is 6.67. The van der Waals surface area contributed by atoms with E-state index in [1.807, 2.05) is 0 Å². The zero-order chi connectivity index (χ0) is 15.1. The third-order valence-electron chi connectivity index (χ3n) is 4.76. The number of sulfonamides is 1. The lowest BCUT2D eigenvalue weighted by atomic mass is 9.99. The average Bonchev–Trinajstić information content (AvgIpc) is 2.96. The van der Waals surface area contributed by atoms with Gasteiger partial charge in [0, 0.05) is 19.7 Å². The third kappa shape index (κ3) is 6.22. The summed E-state index contributed by atoms with van der Waals surface area (Å²) >= 11 is 0. The normalized spacial score (nSPS) is 25.5. The predicted molar refractivity (Wildman–Crippen MR) is 84.6 cm³/mol. The topological polar surface area (TPSA) is 69.6 Å². The molecular weight excluding hydrogens is 288 g/mol. The van der Waals surface area contributed by atoms with Gasteiger partial charge >= 0.3 is 0 Å². The van der Waals surface area contributed by atoms with E-state index in [2.05, 4.69) is 9.62 Å². The van der Waals surface area contributed by atoms with E-state index in [0.717, 1.165) is 51.7 Å². The first-order valence-electron chi connectivity index (χ1n) is 8.39. The highest BCUT2D eigenvalue weighted by Gasteiger charge is 2.22. The maximum absolute atomic E-state index is 12.0. The van der Waals surface area contributed by atoms with Gasteiger partial charge in [-0.05, 0) is 57.0 Å². The molecule has 1 saturated heterocycles. The van der Waals surface area contributed by atoms with E-state index >= 15 is 0 Å². The van der Waals surface area contributed by atoms with Crippen LogP contribution in [-0.4, -0.2) is 57.0 Å². The van der Waals surface area contributed by atoms with Crippen LogP contribution in [0.1, 0.15) is 44.9 Å². The first-order valence-corrected chi connectivity index (χ1v) is 10.0. The zero-order valence-corrected chi connectivity index (χ0v) is 13.8. The van der Waals surface area contributed by atoms with E-state index in [1.165, 1.54) is 12.8 Å². The highest BCUT2D eigenvalue weighted by molar-refractivity contribution is 7.89. The highest BCUT2D eigenvalue weighted by atomic mass is 32.2. The molecule has 1 aliphatic carbocycles. The minimum Gasteiger partial charge on any atom is -0.396 e. The van der Waals surface area contributed by atoms with Crippen molar-refractivity contribution in [2.75, 3.05) is 38.5 Å². The van der Waals surface area contributed by atoms with Crippen LogP contribution in [0.3, 0.4) is 0 Å². The molecule has 124 valence electrons. The molecule has 0 radical (unpaired) electrons. The molecule has 1 aliphatic heterocycles. The molecule has 0 aromatic carbocycles. The number of piperidine rings is 1. The molecule has 5 nitrogen and oxygen atoms in total. The van der Waals surface area contributed by atoms with Gasteiger partial charge in [0.25, 0.3) is 0 Å². The number of aliphatic hydroxyl groups is 1. The molecule has 2 rings (SSSR count). The van der Waals surface area contributed by atoms with Crippen LogP contribution in [0.4, 0.5) is 0 Å². The van der Waals surface area contributed by atoms with E-state index in [-0.39, 0.29) is 6.61 Å². The summed E-state index contributed by atoms with van der Waals surface area (Å²) in [6, 6.07) is 0. The van der Waals surface area contributed by atoms with Gasteiger partial charge in [0.2, 0.25) is 10.0 Å². The van der Waals surface area contributed by atoms with Crippen LogP contribution in [0.2, 0.25) is 0 Å². The Morgan fingerprint density at radius 2 is 1.81 bits per heavy atom. The van der Waals surface area contributed by atoms with Crippen molar-refractivity contribution in [1.29, 1.82) is 0 Å². The Balaban J connectivity index is 1.60. The van der Waals surface area contributed by atoms with E-state index < -0.39 is 10.0 Å². The molecule has 1 unspecified atom stereocenters. The summed E-state index contributed by atoms with van der Waals surface area (Å²) < 4.78 is 26.7. The second-order valence-corrected chi connectivity index (χ2v) is 8.52. The number of nitrogens with zero attached hydrogens (tertiary/aromatic N) is 1. The van der Waals surface area contributed by atoms with Crippen molar-refractivity contribution >= 4 is 10.0 Å². The van der Waals surface area contributed by atoms with Gasteiger partial charge < -0.3 is 10.0 Å². The molecule has 0 bridgehead atoms. The first-order chi connectivity index (χ1) is 10.1. The molecule has 1 saturated carbocycles. The average molecular weight is 318 g/mol. The smallest absolute Gasteiger partial charge is 0.211 e. The largest absolute Gasteiger partial charge is 0.396 e. The Labute approximate surface area is 129 Å². The summed E-state index contributed by atoms with van der Waals surface area (Å²) in [5, 5.41) is 9.20. The number of hydrogen-bond donors (Lipinski definition) is 2. The molecule has 2 aliphatic rings. The Hall–Kier alpha value is -0.170. The van der Waals surface area contributed by atoms with Crippen LogP contribution in [0, 0.1) is 11.8 Å². The molecule has 0 spiro atoms. The van der Waals surface area contributed by atoms with Crippen LogP contribution in [0.15, 0.2) is 0 Å². The number of hydrogen-bond acceptors (Lipinski definition) is 4. The van der Waals surface area contributed by atoms with Crippen molar-refractivity contribution in [2.24, 2.45) is 11.8 Å². The van der Waals surface area contributed by atoms with Gasteiger partial charge in [0.15, 0.2) is 0 Å². The van der Waals surface area contributed by atoms with Crippen LogP contribution in [0.5, 0.6) is 0 Å². The molecule has 21 heavy (non-hydrogen) atoms. The molecule has 1 heterocycles. The van der Waals surface area contributed by atoms with Gasteiger partial charge in [-0.1, -0.05) is 12.8 Å². The summed E-state index contributed by atoms with van der Waals surface area (Å²) in [7, 11) is -3.09. The molecule has 0 amide bonds. The minimum atomic E-state index is -3.09. The molecule has 0 aromatic rings. The van der Waals surface area contributed by atoms with Gasteiger partial charge in [-0.25, -0.2) is 13.1 Å². The molecule has 0 aromatic heterocycles. The van der Waals surface area contributed by atoms with E-state index in [4.69, 9.17) is 0 Å². The molecule has 2 fully saturated rings. The standard InChI is InChI=1S/C15H30N2O3S/c18-12-15-7-3-9-17(11-15)10-4-8-16-21(19,20)13-14-5-1-2-6-14/h14-16,18H,1-13H2. The van der Waals surface area contributed by atoms with Crippen molar-refractivity contribution < 1.29 is 13.5 Å². The summed E-state index contributed by atoms with van der Waals surface area (Å²) in [4.78, 5) is 2.34. The van der Waals surface area contributed by atoms with Gasteiger partial charge in [-0.3, -0.25) is 0 Å². The number of likely N-dealkylation sites (tertiary alicyclic amines) is 1. The summed E-state index contributed by atoms with van der Waals surface area (Å²) in [5.74, 6) is 1.08. The molecule has 6 heteroatoms. The van der Waals surface area contributed by atoms with E-state index in [1.54, 1.807) is 0 Å².